The molecule has 1 aliphatic heterocycles. The molecule has 0 spiro atoms. The van der Waals surface area contributed by atoms with Crippen molar-refractivity contribution >= 4 is 29.1 Å². The molecule has 1 fully saturated rings. The van der Waals surface area contributed by atoms with Crippen LogP contribution in [0.15, 0.2) is 83.5 Å². The Morgan fingerprint density at radius 1 is 0.926 bits per heavy atom. The van der Waals surface area contributed by atoms with Crippen LogP contribution in [0, 0.1) is 0 Å². The lowest BCUT2D eigenvalue weighted by Crippen LogP contribution is -2.45. The van der Waals surface area contributed by atoms with Crippen molar-refractivity contribution in [3.05, 3.63) is 84.8 Å². The van der Waals surface area contributed by atoms with E-state index in [0.29, 0.717) is 11.4 Å². The number of nitrogens with zero attached hydrogens (tertiary/aromatic N) is 2. The SMILES string of the molecule is O=C1C[C@@H](N(C(=O)c2ccco2)c2ccccc2)C(=O)N1c1ccccc1. The minimum atomic E-state index is -0.933. The van der Waals surface area contributed by atoms with Crippen LogP contribution < -0.4 is 9.80 Å². The standard InChI is InChI=1S/C21H16N2O4/c24-19-14-17(20(25)23(19)16-10-5-2-6-11-16)22(15-8-3-1-4-9-15)21(26)18-12-7-13-27-18/h1-13,17H,14H2/t17-/m1/s1. The van der Waals surface area contributed by atoms with Crippen LogP contribution in [0.3, 0.4) is 0 Å². The highest BCUT2D eigenvalue weighted by molar-refractivity contribution is 6.25. The van der Waals surface area contributed by atoms with E-state index in [9.17, 15) is 14.4 Å². The molecule has 1 saturated heterocycles. The maximum atomic E-state index is 13.1. The molecule has 6 nitrogen and oxygen atoms in total. The molecule has 3 aromatic rings. The lowest BCUT2D eigenvalue weighted by molar-refractivity contribution is -0.121. The zero-order valence-electron chi connectivity index (χ0n) is 14.3. The molecule has 27 heavy (non-hydrogen) atoms. The van der Waals surface area contributed by atoms with Gasteiger partial charge < -0.3 is 4.42 Å². The molecule has 0 radical (unpaired) electrons. The number of carbonyl (C=O) groups excluding carboxylic acids is 3. The zero-order valence-corrected chi connectivity index (χ0v) is 14.3. The number of amides is 3. The first-order chi connectivity index (χ1) is 13.2. The third-order valence-corrected chi connectivity index (χ3v) is 4.43. The van der Waals surface area contributed by atoms with Crippen LogP contribution >= 0.6 is 0 Å². The average Bonchev–Trinajstić information content (AvgIpc) is 3.32. The van der Waals surface area contributed by atoms with E-state index >= 15 is 0 Å². The lowest BCUT2D eigenvalue weighted by Gasteiger charge is -2.27. The Morgan fingerprint density at radius 2 is 1.59 bits per heavy atom. The van der Waals surface area contributed by atoms with Crippen molar-refractivity contribution in [2.45, 2.75) is 12.5 Å². The second-order valence-electron chi connectivity index (χ2n) is 6.11. The van der Waals surface area contributed by atoms with E-state index < -0.39 is 17.9 Å². The summed E-state index contributed by atoms with van der Waals surface area (Å²) in [5, 5.41) is 0. The zero-order chi connectivity index (χ0) is 18.8. The molecule has 2 heterocycles. The molecular formula is C21H16N2O4. The third-order valence-electron chi connectivity index (χ3n) is 4.43. The first-order valence-corrected chi connectivity index (χ1v) is 8.51. The Bertz CT molecular complexity index is 968. The number of anilines is 2. The van der Waals surface area contributed by atoms with E-state index in [1.54, 1.807) is 54.6 Å². The molecule has 6 heteroatoms. The van der Waals surface area contributed by atoms with Gasteiger partial charge in [0.05, 0.1) is 18.4 Å². The van der Waals surface area contributed by atoms with Gasteiger partial charge in [-0.3, -0.25) is 19.3 Å². The van der Waals surface area contributed by atoms with Gasteiger partial charge in [0, 0.05) is 5.69 Å². The van der Waals surface area contributed by atoms with Crippen LogP contribution in [0.2, 0.25) is 0 Å². The largest absolute Gasteiger partial charge is 0.459 e. The summed E-state index contributed by atoms with van der Waals surface area (Å²) in [5.74, 6) is -1.14. The van der Waals surface area contributed by atoms with Crippen LogP contribution in [0.1, 0.15) is 17.0 Å². The number of hydrogen-bond donors (Lipinski definition) is 0. The summed E-state index contributed by atoms with van der Waals surface area (Å²) in [4.78, 5) is 41.2. The predicted molar refractivity (Wildman–Crippen MR) is 99.3 cm³/mol. The summed E-state index contributed by atoms with van der Waals surface area (Å²) >= 11 is 0. The van der Waals surface area contributed by atoms with Gasteiger partial charge in [-0.25, -0.2) is 4.90 Å². The smallest absolute Gasteiger partial charge is 0.294 e. The molecule has 0 saturated carbocycles. The summed E-state index contributed by atoms with van der Waals surface area (Å²) < 4.78 is 5.23. The fourth-order valence-electron chi connectivity index (χ4n) is 3.21. The quantitative estimate of drug-likeness (QED) is 0.670. The first-order valence-electron chi connectivity index (χ1n) is 8.51. The number of imide groups is 1. The van der Waals surface area contributed by atoms with Gasteiger partial charge in [0.1, 0.15) is 6.04 Å². The number of para-hydroxylation sites is 2. The number of hydrogen-bond acceptors (Lipinski definition) is 4. The topological polar surface area (TPSA) is 70.8 Å². The molecule has 0 unspecified atom stereocenters. The molecular weight excluding hydrogens is 344 g/mol. The van der Waals surface area contributed by atoms with E-state index in [1.807, 2.05) is 12.1 Å². The Labute approximate surface area is 155 Å². The Morgan fingerprint density at radius 3 is 2.22 bits per heavy atom. The normalized spacial score (nSPS) is 16.6. The summed E-state index contributed by atoms with van der Waals surface area (Å²) in [6.45, 7) is 0. The van der Waals surface area contributed by atoms with Crippen LogP contribution in [0.4, 0.5) is 11.4 Å². The average molecular weight is 360 g/mol. The minimum Gasteiger partial charge on any atom is -0.459 e. The van der Waals surface area contributed by atoms with Crippen molar-refractivity contribution in [1.82, 2.24) is 0 Å². The molecule has 134 valence electrons. The molecule has 2 aromatic carbocycles. The van der Waals surface area contributed by atoms with E-state index in [-0.39, 0.29) is 18.1 Å². The van der Waals surface area contributed by atoms with Crippen LogP contribution in [0.5, 0.6) is 0 Å². The Hall–Kier alpha value is -3.67. The van der Waals surface area contributed by atoms with Gasteiger partial charge in [-0.2, -0.15) is 0 Å². The van der Waals surface area contributed by atoms with Crippen LogP contribution in [-0.4, -0.2) is 23.8 Å². The number of benzene rings is 2. The monoisotopic (exact) mass is 360 g/mol. The highest BCUT2D eigenvalue weighted by Crippen LogP contribution is 2.30. The highest BCUT2D eigenvalue weighted by atomic mass is 16.3. The highest BCUT2D eigenvalue weighted by Gasteiger charge is 2.45. The van der Waals surface area contributed by atoms with E-state index in [1.165, 1.54) is 17.2 Å². The van der Waals surface area contributed by atoms with Crippen molar-refractivity contribution < 1.29 is 18.8 Å². The van der Waals surface area contributed by atoms with Gasteiger partial charge in [0.15, 0.2) is 5.76 Å². The summed E-state index contributed by atoms with van der Waals surface area (Å²) in [6.07, 6.45) is 1.31. The van der Waals surface area contributed by atoms with Crippen molar-refractivity contribution in [2.75, 3.05) is 9.80 Å². The third kappa shape index (κ3) is 3.01. The molecule has 1 atom stereocenters. The fourth-order valence-corrected chi connectivity index (χ4v) is 3.21. The van der Waals surface area contributed by atoms with Crippen molar-refractivity contribution in [2.24, 2.45) is 0 Å². The second-order valence-corrected chi connectivity index (χ2v) is 6.11. The molecule has 3 amide bonds. The number of furan rings is 1. The number of rotatable bonds is 4. The molecule has 4 rings (SSSR count). The van der Waals surface area contributed by atoms with Crippen LogP contribution in [-0.2, 0) is 9.59 Å². The van der Waals surface area contributed by atoms with E-state index in [2.05, 4.69) is 0 Å². The first kappa shape index (κ1) is 16.8. The van der Waals surface area contributed by atoms with Gasteiger partial charge >= 0.3 is 0 Å². The maximum absolute atomic E-state index is 13.1. The molecule has 0 bridgehead atoms. The van der Waals surface area contributed by atoms with E-state index in [4.69, 9.17) is 4.42 Å². The Balaban J connectivity index is 1.74. The second kappa shape index (κ2) is 6.92. The van der Waals surface area contributed by atoms with Gasteiger partial charge in [-0.05, 0) is 36.4 Å². The van der Waals surface area contributed by atoms with Crippen molar-refractivity contribution in [3.63, 3.8) is 0 Å². The van der Waals surface area contributed by atoms with Gasteiger partial charge in [0.25, 0.3) is 11.8 Å². The van der Waals surface area contributed by atoms with Crippen molar-refractivity contribution in [1.29, 1.82) is 0 Å². The molecule has 1 aliphatic rings. The molecule has 1 aromatic heterocycles. The molecule has 0 N–H and O–H groups in total. The van der Waals surface area contributed by atoms with Crippen LogP contribution in [0.25, 0.3) is 0 Å². The van der Waals surface area contributed by atoms with Gasteiger partial charge in [-0.15, -0.1) is 0 Å². The van der Waals surface area contributed by atoms with Gasteiger partial charge in [0.2, 0.25) is 5.91 Å². The summed E-state index contributed by atoms with van der Waals surface area (Å²) in [6, 6.07) is 19.7. The van der Waals surface area contributed by atoms with Crippen molar-refractivity contribution in [3.8, 4) is 0 Å². The fraction of sp³-hybridized carbons (Fsp3) is 0.0952. The number of carbonyl (C=O) groups is 3. The minimum absolute atomic E-state index is 0.0882. The van der Waals surface area contributed by atoms with Gasteiger partial charge in [-0.1, -0.05) is 36.4 Å². The summed E-state index contributed by atoms with van der Waals surface area (Å²) in [7, 11) is 0. The lowest BCUT2D eigenvalue weighted by atomic mass is 10.1. The molecule has 0 aliphatic carbocycles. The Kier molecular flexibility index (Phi) is 4.30. The van der Waals surface area contributed by atoms with E-state index in [0.717, 1.165) is 4.90 Å². The predicted octanol–water partition coefficient (Wildman–Crippen LogP) is 3.26. The summed E-state index contributed by atoms with van der Waals surface area (Å²) in [5.41, 5.74) is 1.02. The maximum Gasteiger partial charge on any atom is 0.294 e.